The van der Waals surface area contributed by atoms with Crippen LogP contribution in [0.2, 0.25) is 0 Å². The maximum Gasteiger partial charge on any atom is 0.293 e. The molecule has 9 heteroatoms. The normalized spacial score (nSPS) is 17.4. The number of amides is 3. The van der Waals surface area contributed by atoms with E-state index in [9.17, 15) is 18.8 Å². The number of imide groups is 1. The number of halogens is 1. The lowest BCUT2D eigenvalue weighted by atomic mass is 9.95. The first-order chi connectivity index (χ1) is 18.9. The topological polar surface area (TPSA) is 80.6 Å². The molecule has 2 heterocycles. The summed E-state index contributed by atoms with van der Waals surface area (Å²) in [5, 5.41) is 3.76. The zero-order valence-corrected chi connectivity index (χ0v) is 22.8. The number of hydrogen-bond donors (Lipinski definition) is 1. The number of carbonyl (C=O) groups is 3. The Hall–Kier alpha value is -3.59. The van der Waals surface area contributed by atoms with Gasteiger partial charge in [0.05, 0.1) is 17.0 Å². The number of thioether (sulfide) groups is 1. The highest BCUT2D eigenvalue weighted by Crippen LogP contribution is 2.35. The van der Waals surface area contributed by atoms with Crippen LogP contribution in [0.4, 0.5) is 9.18 Å². The quantitative estimate of drug-likeness (QED) is 0.336. The molecule has 1 saturated carbocycles. The Morgan fingerprint density at radius 3 is 2.64 bits per heavy atom. The molecule has 1 saturated heterocycles. The first kappa shape index (κ1) is 27.0. The summed E-state index contributed by atoms with van der Waals surface area (Å²) < 4.78 is 20.6. The van der Waals surface area contributed by atoms with Crippen molar-refractivity contribution in [2.45, 2.75) is 58.0 Å². The van der Waals surface area contributed by atoms with E-state index in [0.717, 1.165) is 70.8 Å². The summed E-state index contributed by atoms with van der Waals surface area (Å²) in [5.74, 6) is -0.297. The molecule has 2 aromatic carbocycles. The highest BCUT2D eigenvalue weighted by Gasteiger charge is 2.35. The van der Waals surface area contributed by atoms with Crippen molar-refractivity contribution >= 4 is 45.8 Å². The molecular weight excluding hydrogens is 517 g/mol. The van der Waals surface area contributed by atoms with Crippen LogP contribution >= 0.6 is 11.8 Å². The first-order valence-corrected chi connectivity index (χ1v) is 14.3. The minimum atomic E-state index is -0.379. The van der Waals surface area contributed by atoms with Crippen molar-refractivity contribution in [3.63, 3.8) is 0 Å². The summed E-state index contributed by atoms with van der Waals surface area (Å²) >= 11 is 0.895. The van der Waals surface area contributed by atoms with E-state index in [1.54, 1.807) is 6.08 Å². The van der Waals surface area contributed by atoms with Crippen LogP contribution in [0.15, 0.2) is 53.6 Å². The molecular formula is C30H32FN3O4S. The van der Waals surface area contributed by atoms with Gasteiger partial charge in [-0.05, 0) is 66.9 Å². The van der Waals surface area contributed by atoms with E-state index in [4.69, 9.17) is 4.74 Å². The minimum absolute atomic E-state index is 0.0160. The predicted octanol–water partition coefficient (Wildman–Crippen LogP) is 5.91. The predicted molar refractivity (Wildman–Crippen MR) is 151 cm³/mol. The number of nitrogens with zero attached hydrogens (tertiary/aromatic N) is 2. The van der Waals surface area contributed by atoms with Crippen LogP contribution in [0.1, 0.15) is 50.2 Å². The van der Waals surface area contributed by atoms with Gasteiger partial charge in [0.2, 0.25) is 5.91 Å². The van der Waals surface area contributed by atoms with Crippen molar-refractivity contribution < 1.29 is 23.5 Å². The van der Waals surface area contributed by atoms with Crippen molar-refractivity contribution in [2.24, 2.45) is 0 Å². The van der Waals surface area contributed by atoms with Gasteiger partial charge in [-0.1, -0.05) is 44.4 Å². The molecule has 0 unspecified atom stereocenters. The highest BCUT2D eigenvalue weighted by molar-refractivity contribution is 8.18. The number of para-hydroxylation sites is 1. The molecule has 0 spiro atoms. The third-order valence-corrected chi connectivity index (χ3v) is 8.14. The lowest BCUT2D eigenvalue weighted by Gasteiger charge is -2.23. The Kier molecular flexibility index (Phi) is 8.35. The molecule has 0 radical (unpaired) electrons. The van der Waals surface area contributed by atoms with Crippen molar-refractivity contribution in [1.29, 1.82) is 0 Å². The van der Waals surface area contributed by atoms with Gasteiger partial charge in [-0.3, -0.25) is 19.3 Å². The van der Waals surface area contributed by atoms with E-state index in [1.165, 1.54) is 30.7 Å². The summed E-state index contributed by atoms with van der Waals surface area (Å²) in [6, 6.07) is 11.8. The maximum absolute atomic E-state index is 13.1. The molecule has 5 rings (SSSR count). The number of ether oxygens (including phenoxy) is 1. The summed E-state index contributed by atoms with van der Waals surface area (Å²) in [5.41, 5.74) is 2.87. The monoisotopic (exact) mass is 549 g/mol. The summed E-state index contributed by atoms with van der Waals surface area (Å²) in [7, 11) is 0. The van der Waals surface area contributed by atoms with Gasteiger partial charge in [-0.2, -0.15) is 0 Å². The fraction of sp³-hybridized carbons (Fsp3) is 0.367. The molecule has 1 aliphatic carbocycles. The number of nitrogens with one attached hydrogen (secondary N) is 1. The molecule has 2 fully saturated rings. The van der Waals surface area contributed by atoms with E-state index in [0.29, 0.717) is 10.7 Å². The molecule has 7 nitrogen and oxygen atoms in total. The third-order valence-electron chi connectivity index (χ3n) is 7.24. The number of benzene rings is 2. The molecule has 1 N–H and O–H groups in total. The smallest absolute Gasteiger partial charge is 0.293 e. The average Bonchev–Trinajstić information content (AvgIpc) is 3.41. The second-order valence-corrected chi connectivity index (χ2v) is 10.9. The molecule has 39 heavy (non-hydrogen) atoms. The molecule has 2 aliphatic rings. The molecule has 0 atom stereocenters. The summed E-state index contributed by atoms with van der Waals surface area (Å²) in [4.78, 5) is 40.2. The van der Waals surface area contributed by atoms with Crippen LogP contribution in [0.3, 0.4) is 0 Å². The van der Waals surface area contributed by atoms with E-state index in [2.05, 4.69) is 18.3 Å². The van der Waals surface area contributed by atoms with Crippen molar-refractivity contribution in [1.82, 2.24) is 14.8 Å². The van der Waals surface area contributed by atoms with Crippen LogP contribution in [0, 0.1) is 5.82 Å². The molecule has 1 aliphatic heterocycles. The van der Waals surface area contributed by atoms with Crippen LogP contribution < -0.4 is 10.1 Å². The number of carbonyl (C=O) groups excluding carboxylic acids is 3. The van der Waals surface area contributed by atoms with Gasteiger partial charge in [0.15, 0.2) is 0 Å². The standard InChI is InChI=1S/C30H32FN3O4S/c1-2-20-7-6-10-25-21(18-33(28(20)25)19-27(35)32-23-8-4-3-5-9-23)17-26-29(36)34(30(37)39-26)15-16-38-24-13-11-22(31)12-14-24/h6-7,10-14,17-18,23H,2-5,8-9,15-16,19H2,1H3,(H,32,35)/b26-17-. The van der Waals surface area contributed by atoms with Crippen LogP contribution in [0.5, 0.6) is 5.75 Å². The Morgan fingerprint density at radius 2 is 1.90 bits per heavy atom. The molecule has 204 valence electrons. The van der Waals surface area contributed by atoms with Crippen LogP contribution in [-0.4, -0.2) is 45.7 Å². The molecule has 0 bridgehead atoms. The summed E-state index contributed by atoms with van der Waals surface area (Å²) in [6.07, 6.45) is 10.0. The van der Waals surface area contributed by atoms with Crippen molar-refractivity contribution in [3.8, 4) is 5.75 Å². The molecule has 3 aromatic rings. The SMILES string of the molecule is CCc1cccc2c(/C=C3\SC(=O)N(CCOc4ccc(F)cc4)C3=O)cn(CC(=O)NC3CCCCC3)c12. The average molecular weight is 550 g/mol. The van der Waals surface area contributed by atoms with Gasteiger partial charge >= 0.3 is 0 Å². The lowest BCUT2D eigenvalue weighted by molar-refractivity contribution is -0.123. The van der Waals surface area contributed by atoms with Crippen molar-refractivity contribution in [3.05, 3.63) is 70.5 Å². The van der Waals surface area contributed by atoms with Gasteiger partial charge in [0.25, 0.3) is 11.1 Å². The second-order valence-electron chi connectivity index (χ2n) is 9.92. The van der Waals surface area contributed by atoms with Gasteiger partial charge in [-0.15, -0.1) is 0 Å². The van der Waals surface area contributed by atoms with E-state index in [1.807, 2.05) is 22.9 Å². The number of aryl methyl sites for hydroxylation is 1. The van der Waals surface area contributed by atoms with E-state index >= 15 is 0 Å². The number of fused-ring (bicyclic) bond motifs is 1. The van der Waals surface area contributed by atoms with Gasteiger partial charge in [0.1, 0.15) is 24.7 Å². The highest BCUT2D eigenvalue weighted by atomic mass is 32.2. The fourth-order valence-corrected chi connectivity index (χ4v) is 6.14. The van der Waals surface area contributed by atoms with Gasteiger partial charge in [0, 0.05) is 23.2 Å². The van der Waals surface area contributed by atoms with Crippen molar-refractivity contribution in [2.75, 3.05) is 13.2 Å². The number of hydrogen-bond acceptors (Lipinski definition) is 5. The molecule has 3 amide bonds. The Morgan fingerprint density at radius 1 is 1.13 bits per heavy atom. The molecule has 1 aromatic heterocycles. The zero-order chi connectivity index (χ0) is 27.4. The minimum Gasteiger partial charge on any atom is -0.492 e. The first-order valence-electron chi connectivity index (χ1n) is 13.5. The van der Waals surface area contributed by atoms with Crippen LogP contribution in [0.25, 0.3) is 17.0 Å². The number of aromatic nitrogens is 1. The van der Waals surface area contributed by atoms with Crippen LogP contribution in [-0.2, 0) is 22.6 Å². The fourth-order valence-electron chi connectivity index (χ4n) is 5.29. The van der Waals surface area contributed by atoms with Gasteiger partial charge < -0.3 is 14.6 Å². The Labute approximate surface area is 231 Å². The Bertz CT molecular complexity index is 1410. The Balaban J connectivity index is 1.33. The lowest BCUT2D eigenvalue weighted by Crippen LogP contribution is -2.38. The van der Waals surface area contributed by atoms with E-state index in [-0.39, 0.29) is 48.6 Å². The number of rotatable bonds is 9. The largest absolute Gasteiger partial charge is 0.492 e. The van der Waals surface area contributed by atoms with E-state index < -0.39 is 0 Å². The zero-order valence-electron chi connectivity index (χ0n) is 22.0. The van der Waals surface area contributed by atoms with Gasteiger partial charge in [-0.25, -0.2) is 4.39 Å². The third kappa shape index (κ3) is 6.19. The summed E-state index contributed by atoms with van der Waals surface area (Å²) in [6.45, 7) is 2.46. The second kappa shape index (κ2) is 12.1. The maximum atomic E-state index is 13.1.